The zero-order chi connectivity index (χ0) is 14.3. The molecule has 2 nitrogen and oxygen atoms in total. The van der Waals surface area contributed by atoms with Gasteiger partial charge in [0.25, 0.3) is 0 Å². The summed E-state index contributed by atoms with van der Waals surface area (Å²) >= 11 is 6.12. The van der Waals surface area contributed by atoms with Gasteiger partial charge in [0, 0.05) is 17.5 Å². The first kappa shape index (κ1) is 14.3. The monoisotopic (exact) mass is 297 g/mol. The summed E-state index contributed by atoms with van der Waals surface area (Å²) in [5.74, 6) is 1.12. The van der Waals surface area contributed by atoms with Gasteiger partial charge in [-0.1, -0.05) is 30.5 Å². The van der Waals surface area contributed by atoms with Crippen molar-refractivity contribution < 1.29 is 9.50 Å². The molecule has 3 rings (SSSR count). The average molecular weight is 298 g/mol. The number of halogens is 2. The Kier molecular flexibility index (Phi) is 4.02. The smallest absolute Gasteiger partial charge is 0.124 e. The van der Waals surface area contributed by atoms with Gasteiger partial charge in [0.05, 0.1) is 6.10 Å². The molecule has 0 radical (unpaired) electrons. The SMILES string of the molecule is NCC(c1ccc(F)cc1Cl)C(O)C1C2CCCCC21. The number of aliphatic hydroxyl groups is 1. The van der Waals surface area contributed by atoms with E-state index in [1.54, 1.807) is 6.07 Å². The van der Waals surface area contributed by atoms with Crippen LogP contribution in [-0.2, 0) is 0 Å². The Hall–Kier alpha value is -0.640. The first-order valence-electron chi connectivity index (χ1n) is 7.46. The van der Waals surface area contributed by atoms with Crippen molar-refractivity contribution in [2.75, 3.05) is 6.54 Å². The van der Waals surface area contributed by atoms with Crippen molar-refractivity contribution in [2.45, 2.75) is 37.7 Å². The summed E-state index contributed by atoms with van der Waals surface area (Å²) in [7, 11) is 0. The van der Waals surface area contributed by atoms with Gasteiger partial charge in [-0.25, -0.2) is 4.39 Å². The Balaban J connectivity index is 1.79. The van der Waals surface area contributed by atoms with E-state index in [0.29, 0.717) is 29.3 Å². The minimum absolute atomic E-state index is 0.196. The molecule has 20 heavy (non-hydrogen) atoms. The van der Waals surface area contributed by atoms with Gasteiger partial charge in [0.15, 0.2) is 0 Å². The van der Waals surface area contributed by atoms with E-state index in [1.807, 2.05) is 0 Å². The van der Waals surface area contributed by atoms with Crippen LogP contribution < -0.4 is 5.73 Å². The topological polar surface area (TPSA) is 46.2 Å². The summed E-state index contributed by atoms with van der Waals surface area (Å²) in [4.78, 5) is 0. The van der Waals surface area contributed by atoms with Gasteiger partial charge in [-0.05, 0) is 48.3 Å². The van der Waals surface area contributed by atoms with Crippen LogP contribution in [0.15, 0.2) is 18.2 Å². The number of hydrogen-bond acceptors (Lipinski definition) is 2. The fraction of sp³-hybridized carbons (Fsp3) is 0.625. The van der Waals surface area contributed by atoms with Crippen LogP contribution in [0, 0.1) is 23.6 Å². The minimum Gasteiger partial charge on any atom is -0.392 e. The molecule has 3 N–H and O–H groups in total. The van der Waals surface area contributed by atoms with Crippen LogP contribution in [0.25, 0.3) is 0 Å². The van der Waals surface area contributed by atoms with Crippen LogP contribution in [-0.4, -0.2) is 17.8 Å². The molecule has 2 fully saturated rings. The van der Waals surface area contributed by atoms with E-state index in [2.05, 4.69) is 0 Å². The van der Waals surface area contributed by atoms with E-state index >= 15 is 0 Å². The molecule has 0 aliphatic heterocycles. The molecule has 1 aromatic rings. The highest BCUT2D eigenvalue weighted by molar-refractivity contribution is 6.31. The molecule has 4 heteroatoms. The molecule has 4 unspecified atom stereocenters. The summed E-state index contributed by atoms with van der Waals surface area (Å²) in [5.41, 5.74) is 6.63. The highest BCUT2D eigenvalue weighted by atomic mass is 35.5. The molecular weight excluding hydrogens is 277 g/mol. The number of nitrogens with two attached hydrogens (primary N) is 1. The van der Waals surface area contributed by atoms with Crippen molar-refractivity contribution in [1.29, 1.82) is 0 Å². The molecule has 2 saturated carbocycles. The van der Waals surface area contributed by atoms with Crippen molar-refractivity contribution in [3.05, 3.63) is 34.6 Å². The molecule has 1 aromatic carbocycles. The molecule has 110 valence electrons. The summed E-state index contributed by atoms with van der Waals surface area (Å²) in [6, 6.07) is 4.34. The van der Waals surface area contributed by atoms with E-state index < -0.39 is 6.10 Å². The fourth-order valence-corrected chi connectivity index (χ4v) is 4.38. The van der Waals surface area contributed by atoms with Gasteiger partial charge in [-0.15, -0.1) is 0 Å². The maximum absolute atomic E-state index is 13.2. The predicted molar refractivity (Wildman–Crippen MR) is 78.2 cm³/mol. The zero-order valence-corrected chi connectivity index (χ0v) is 12.2. The molecule has 0 aromatic heterocycles. The lowest BCUT2D eigenvalue weighted by atomic mass is 9.89. The lowest BCUT2D eigenvalue weighted by molar-refractivity contribution is 0.112. The van der Waals surface area contributed by atoms with Gasteiger partial charge >= 0.3 is 0 Å². The summed E-state index contributed by atoms with van der Waals surface area (Å²) in [5, 5.41) is 11.1. The summed E-state index contributed by atoms with van der Waals surface area (Å²) < 4.78 is 13.2. The van der Waals surface area contributed by atoms with Crippen molar-refractivity contribution >= 4 is 11.6 Å². The Labute approximate surface area is 124 Å². The van der Waals surface area contributed by atoms with Gasteiger partial charge in [-0.2, -0.15) is 0 Å². The highest BCUT2D eigenvalue weighted by Crippen LogP contribution is 2.58. The number of rotatable bonds is 4. The van der Waals surface area contributed by atoms with Crippen molar-refractivity contribution in [3.63, 3.8) is 0 Å². The van der Waals surface area contributed by atoms with Crippen molar-refractivity contribution in [2.24, 2.45) is 23.5 Å². The fourth-order valence-electron chi connectivity index (χ4n) is 4.08. The summed E-state index contributed by atoms with van der Waals surface area (Å²) in [6.07, 6.45) is 4.53. The van der Waals surface area contributed by atoms with E-state index in [-0.39, 0.29) is 11.7 Å². The maximum atomic E-state index is 13.2. The van der Waals surface area contributed by atoms with Crippen molar-refractivity contribution in [1.82, 2.24) is 0 Å². The zero-order valence-electron chi connectivity index (χ0n) is 11.4. The Morgan fingerprint density at radius 2 is 1.95 bits per heavy atom. The number of benzene rings is 1. The predicted octanol–water partition coefficient (Wildman–Crippen LogP) is 3.32. The third-order valence-corrected chi connectivity index (χ3v) is 5.47. The molecule has 0 heterocycles. The van der Waals surface area contributed by atoms with E-state index in [1.165, 1.54) is 37.8 Å². The molecule has 2 aliphatic carbocycles. The van der Waals surface area contributed by atoms with Gasteiger partial charge < -0.3 is 10.8 Å². The van der Waals surface area contributed by atoms with Crippen LogP contribution in [0.5, 0.6) is 0 Å². The van der Waals surface area contributed by atoms with E-state index in [4.69, 9.17) is 17.3 Å². The van der Waals surface area contributed by atoms with Gasteiger partial charge in [-0.3, -0.25) is 0 Å². The minimum atomic E-state index is -0.462. The number of fused-ring (bicyclic) bond motifs is 1. The number of hydrogen-bond donors (Lipinski definition) is 2. The molecular formula is C16H21ClFNO. The van der Waals surface area contributed by atoms with Crippen LogP contribution in [0.4, 0.5) is 4.39 Å². The molecule has 0 spiro atoms. The highest BCUT2D eigenvalue weighted by Gasteiger charge is 2.55. The van der Waals surface area contributed by atoms with Crippen LogP contribution in [0.1, 0.15) is 37.2 Å². The van der Waals surface area contributed by atoms with Crippen LogP contribution >= 0.6 is 11.6 Å². The third-order valence-electron chi connectivity index (χ3n) is 5.15. The van der Waals surface area contributed by atoms with Crippen molar-refractivity contribution in [3.8, 4) is 0 Å². The first-order chi connectivity index (χ1) is 9.63. The standard InChI is InChI=1S/C16H21ClFNO/c17-14-7-9(18)5-6-10(14)13(8-19)16(20)15-11-3-1-2-4-12(11)15/h5-7,11-13,15-16,20H,1-4,8,19H2. The second kappa shape index (κ2) is 5.63. The Morgan fingerprint density at radius 3 is 2.50 bits per heavy atom. The number of aliphatic hydroxyl groups excluding tert-OH is 1. The Bertz CT molecular complexity index is 483. The molecule has 0 saturated heterocycles. The Morgan fingerprint density at radius 1 is 1.30 bits per heavy atom. The molecule has 0 amide bonds. The second-order valence-corrected chi connectivity index (χ2v) is 6.60. The molecule has 4 atom stereocenters. The average Bonchev–Trinajstić information content (AvgIpc) is 3.16. The van der Waals surface area contributed by atoms with Crippen LogP contribution in [0.2, 0.25) is 5.02 Å². The normalized spacial score (nSPS) is 31.5. The van der Waals surface area contributed by atoms with E-state index in [9.17, 15) is 9.50 Å². The third kappa shape index (κ3) is 2.47. The largest absolute Gasteiger partial charge is 0.392 e. The maximum Gasteiger partial charge on any atom is 0.124 e. The first-order valence-corrected chi connectivity index (χ1v) is 7.84. The van der Waals surface area contributed by atoms with Gasteiger partial charge in [0.2, 0.25) is 0 Å². The van der Waals surface area contributed by atoms with Gasteiger partial charge in [0.1, 0.15) is 5.82 Å². The second-order valence-electron chi connectivity index (χ2n) is 6.19. The van der Waals surface area contributed by atoms with E-state index in [0.717, 1.165) is 5.56 Å². The molecule has 0 bridgehead atoms. The van der Waals surface area contributed by atoms with Crippen LogP contribution in [0.3, 0.4) is 0 Å². The quantitative estimate of drug-likeness (QED) is 0.895. The lowest BCUT2D eigenvalue weighted by Gasteiger charge is -2.23. The molecule has 2 aliphatic rings. The lowest BCUT2D eigenvalue weighted by Crippen LogP contribution is -2.29. The summed E-state index contributed by atoms with van der Waals surface area (Å²) in [6.45, 7) is 0.336.